The van der Waals surface area contributed by atoms with Crippen LogP contribution < -0.4 is 16.0 Å². The Balaban J connectivity index is 0.00000361. The average molecular weight is 512 g/mol. The molecule has 8 nitrogen and oxygen atoms in total. The molecule has 0 bridgehead atoms. The maximum Gasteiger partial charge on any atom is 0.251 e. The van der Waals surface area contributed by atoms with Crippen LogP contribution in [0.1, 0.15) is 37.9 Å². The highest BCUT2D eigenvalue weighted by molar-refractivity contribution is 6.05. The molecule has 0 saturated heterocycles. The fraction of sp³-hybridized carbons (Fsp3) is 0.370. The van der Waals surface area contributed by atoms with Gasteiger partial charge in [0.05, 0.1) is 11.7 Å². The van der Waals surface area contributed by atoms with Crippen LogP contribution >= 0.6 is 12.4 Å². The highest BCUT2D eigenvalue weighted by Crippen LogP contribution is 2.36. The zero-order chi connectivity index (χ0) is 25.3. The molecule has 1 aromatic heterocycles. The number of carbonyl (C=O) groups excluding carboxylic acids is 3. The molecule has 4 rings (SSSR count). The number of benzene rings is 2. The second-order valence-electron chi connectivity index (χ2n) is 9.46. The Bertz CT molecular complexity index is 1270. The fourth-order valence-electron chi connectivity index (χ4n) is 4.59. The lowest BCUT2D eigenvalue weighted by atomic mass is 10.0. The van der Waals surface area contributed by atoms with E-state index in [1.807, 2.05) is 80.2 Å². The van der Waals surface area contributed by atoms with Gasteiger partial charge in [-0.25, -0.2) is 0 Å². The zero-order valence-corrected chi connectivity index (χ0v) is 22.1. The second-order valence-corrected chi connectivity index (χ2v) is 9.46. The molecule has 0 spiro atoms. The third-order valence-corrected chi connectivity index (χ3v) is 6.78. The molecule has 192 valence electrons. The number of halogens is 1. The quantitative estimate of drug-likeness (QED) is 0.453. The second kappa shape index (κ2) is 11.1. The summed E-state index contributed by atoms with van der Waals surface area (Å²) in [6.45, 7) is 5.83. The van der Waals surface area contributed by atoms with E-state index in [9.17, 15) is 14.4 Å². The van der Waals surface area contributed by atoms with Crippen LogP contribution in [-0.2, 0) is 28.0 Å². The highest BCUT2D eigenvalue weighted by Gasteiger charge is 2.42. The maximum atomic E-state index is 13.8. The van der Waals surface area contributed by atoms with E-state index >= 15 is 0 Å². The van der Waals surface area contributed by atoms with Gasteiger partial charge >= 0.3 is 0 Å². The number of fused-ring (bicyclic) bond motifs is 2. The van der Waals surface area contributed by atoms with Gasteiger partial charge in [-0.15, -0.1) is 12.4 Å². The molecule has 36 heavy (non-hydrogen) atoms. The van der Waals surface area contributed by atoms with Crippen LogP contribution in [0.4, 0.5) is 5.69 Å². The van der Waals surface area contributed by atoms with Crippen LogP contribution in [0.25, 0.3) is 10.9 Å². The third kappa shape index (κ3) is 5.10. The lowest BCUT2D eigenvalue weighted by molar-refractivity contribution is -0.143. The number of nitrogens with one attached hydrogen (secondary N) is 3. The molecular weight excluding hydrogens is 478 g/mol. The number of hydrogen-bond donors (Lipinski definition) is 3. The Morgan fingerprint density at radius 1 is 1.00 bits per heavy atom. The lowest BCUT2D eigenvalue weighted by Crippen LogP contribution is -2.55. The summed E-state index contributed by atoms with van der Waals surface area (Å²) in [6.07, 6.45) is 1.95. The van der Waals surface area contributed by atoms with Gasteiger partial charge in [0, 0.05) is 30.7 Å². The van der Waals surface area contributed by atoms with E-state index in [-0.39, 0.29) is 36.0 Å². The molecule has 0 saturated carbocycles. The molecule has 2 aromatic carbocycles. The molecule has 0 radical (unpaired) electrons. The molecule has 9 heteroatoms. The van der Waals surface area contributed by atoms with Crippen molar-refractivity contribution in [1.82, 2.24) is 20.1 Å². The van der Waals surface area contributed by atoms with E-state index < -0.39 is 18.1 Å². The van der Waals surface area contributed by atoms with Gasteiger partial charge in [0.2, 0.25) is 11.8 Å². The number of carbonyl (C=O) groups is 3. The largest absolute Gasteiger partial charge is 0.350 e. The van der Waals surface area contributed by atoms with Crippen LogP contribution in [0, 0.1) is 5.92 Å². The Kier molecular flexibility index (Phi) is 8.43. The number of amides is 3. The van der Waals surface area contributed by atoms with Crippen LogP contribution in [0.5, 0.6) is 0 Å². The van der Waals surface area contributed by atoms with Crippen molar-refractivity contribution >= 4 is 46.7 Å². The zero-order valence-electron chi connectivity index (χ0n) is 21.2. The van der Waals surface area contributed by atoms with Gasteiger partial charge in [0.25, 0.3) is 5.91 Å². The smallest absolute Gasteiger partial charge is 0.251 e. The Morgan fingerprint density at radius 3 is 2.42 bits per heavy atom. The molecule has 3 atom stereocenters. The molecule has 0 fully saturated rings. The van der Waals surface area contributed by atoms with Crippen molar-refractivity contribution in [1.29, 1.82) is 0 Å². The molecule has 1 aliphatic rings. The molecule has 1 aliphatic heterocycles. The first-order valence-corrected chi connectivity index (χ1v) is 11.9. The fourth-order valence-corrected chi connectivity index (χ4v) is 4.59. The summed E-state index contributed by atoms with van der Waals surface area (Å²) in [5.74, 6) is -0.961. The van der Waals surface area contributed by atoms with Crippen molar-refractivity contribution < 1.29 is 14.4 Å². The topological polar surface area (TPSA) is 95.5 Å². The van der Waals surface area contributed by atoms with Crippen LogP contribution in [0.2, 0.25) is 0 Å². The summed E-state index contributed by atoms with van der Waals surface area (Å²) >= 11 is 0. The van der Waals surface area contributed by atoms with Crippen LogP contribution in [0.15, 0.2) is 54.7 Å². The van der Waals surface area contributed by atoms with E-state index in [2.05, 4.69) is 16.0 Å². The Labute approximate surface area is 217 Å². The number of likely N-dealkylation sites (N-methyl/N-ethyl adjacent to an activating group) is 1. The van der Waals surface area contributed by atoms with Crippen LogP contribution in [-0.4, -0.2) is 46.3 Å². The monoisotopic (exact) mass is 511 g/mol. The van der Waals surface area contributed by atoms with Gasteiger partial charge in [0.1, 0.15) is 12.1 Å². The summed E-state index contributed by atoms with van der Waals surface area (Å²) in [4.78, 5) is 41.7. The number of aryl methyl sites for hydroxylation is 1. The van der Waals surface area contributed by atoms with Crippen molar-refractivity contribution in [3.05, 3.63) is 65.9 Å². The summed E-state index contributed by atoms with van der Waals surface area (Å²) in [5, 5.41) is 9.77. The first-order valence-electron chi connectivity index (χ1n) is 11.9. The number of rotatable bonds is 7. The van der Waals surface area contributed by atoms with Gasteiger partial charge in [-0.05, 0) is 49.2 Å². The Morgan fingerprint density at radius 2 is 1.72 bits per heavy atom. The van der Waals surface area contributed by atoms with E-state index in [1.165, 1.54) is 0 Å². The lowest BCUT2D eigenvalue weighted by Gasteiger charge is -2.31. The predicted octanol–water partition coefficient (Wildman–Crippen LogP) is 3.37. The minimum Gasteiger partial charge on any atom is -0.350 e. The maximum absolute atomic E-state index is 13.8. The molecule has 2 heterocycles. The first kappa shape index (κ1) is 27.2. The third-order valence-electron chi connectivity index (χ3n) is 6.78. The normalized spacial score (nSPS) is 16.3. The SMILES string of the molecule is CNC(C)C(=O)NC(C(=O)N1Cc2ccccc2[C@H]1C(=O)Nc1cccc2c1ccn2C)C(C)C.Cl. The number of anilines is 1. The molecule has 2 unspecified atom stereocenters. The molecule has 0 aliphatic carbocycles. The van der Waals surface area contributed by atoms with Crippen molar-refractivity contribution in [3.8, 4) is 0 Å². The summed E-state index contributed by atoms with van der Waals surface area (Å²) < 4.78 is 1.99. The Hall–Kier alpha value is -3.36. The van der Waals surface area contributed by atoms with E-state index in [0.717, 1.165) is 22.0 Å². The predicted molar refractivity (Wildman–Crippen MR) is 144 cm³/mol. The van der Waals surface area contributed by atoms with Crippen molar-refractivity contribution in [3.63, 3.8) is 0 Å². The average Bonchev–Trinajstić information content (AvgIpc) is 3.42. The van der Waals surface area contributed by atoms with Crippen molar-refractivity contribution in [2.45, 2.75) is 45.4 Å². The number of nitrogens with zero attached hydrogens (tertiary/aromatic N) is 2. The summed E-state index contributed by atoms with van der Waals surface area (Å²) in [5.41, 5.74) is 3.43. The van der Waals surface area contributed by atoms with Crippen molar-refractivity contribution in [2.24, 2.45) is 13.0 Å². The first-order chi connectivity index (χ1) is 16.7. The molecule has 3 amide bonds. The number of aromatic nitrogens is 1. The van der Waals surface area contributed by atoms with Gasteiger partial charge < -0.3 is 25.4 Å². The van der Waals surface area contributed by atoms with Gasteiger partial charge in [-0.2, -0.15) is 0 Å². The highest BCUT2D eigenvalue weighted by atomic mass is 35.5. The van der Waals surface area contributed by atoms with Crippen LogP contribution in [0.3, 0.4) is 0 Å². The van der Waals surface area contributed by atoms with Gasteiger partial charge in [-0.1, -0.05) is 44.2 Å². The van der Waals surface area contributed by atoms with Crippen molar-refractivity contribution in [2.75, 3.05) is 12.4 Å². The van der Waals surface area contributed by atoms with E-state index in [1.54, 1.807) is 18.9 Å². The van der Waals surface area contributed by atoms with E-state index in [4.69, 9.17) is 0 Å². The molecule has 3 aromatic rings. The minimum absolute atomic E-state index is 0. The van der Waals surface area contributed by atoms with Gasteiger partial charge in [-0.3, -0.25) is 14.4 Å². The minimum atomic E-state index is -0.794. The molecule has 3 N–H and O–H groups in total. The summed E-state index contributed by atoms with van der Waals surface area (Å²) in [7, 11) is 3.65. The number of hydrogen-bond acceptors (Lipinski definition) is 4. The van der Waals surface area contributed by atoms with E-state index in [0.29, 0.717) is 12.2 Å². The standard InChI is InChI=1S/C27H33N5O3.ClH/c1-16(2)23(30-25(33)17(3)28-4)27(35)32-15-18-9-6-7-10-19(18)24(32)26(34)29-21-11-8-12-22-20(21)13-14-31(22)5;/h6-14,16-17,23-24,28H,15H2,1-5H3,(H,29,34)(H,30,33);1H/t17?,23?,24-;/m0./s1. The summed E-state index contributed by atoms with van der Waals surface area (Å²) in [6, 6.07) is 13.3. The van der Waals surface area contributed by atoms with Gasteiger partial charge in [0.15, 0.2) is 0 Å². The molecular formula is C27H34ClN5O3.